The molecule has 0 aliphatic heterocycles. The number of carbonyl (C=O) groups is 1. The van der Waals surface area contributed by atoms with E-state index in [1.807, 2.05) is 6.92 Å². The first kappa shape index (κ1) is 20.2. The lowest BCUT2D eigenvalue weighted by atomic mass is 9.89. The number of aromatic nitrogens is 4. The van der Waals surface area contributed by atoms with Crippen LogP contribution in [0.1, 0.15) is 54.1 Å². The Morgan fingerprint density at radius 2 is 1.97 bits per heavy atom. The first-order valence-electron chi connectivity index (χ1n) is 10.1. The average molecular weight is 418 g/mol. The summed E-state index contributed by atoms with van der Waals surface area (Å²) < 4.78 is 1.64. The van der Waals surface area contributed by atoms with Gasteiger partial charge in [-0.3, -0.25) is 4.79 Å². The summed E-state index contributed by atoms with van der Waals surface area (Å²) in [6.45, 7) is 7.55. The maximum atomic E-state index is 13.1. The largest absolute Gasteiger partial charge is 0.392 e. The Morgan fingerprint density at radius 1 is 1.28 bits per heavy atom. The van der Waals surface area contributed by atoms with Gasteiger partial charge in [-0.1, -0.05) is 6.92 Å². The summed E-state index contributed by atoms with van der Waals surface area (Å²) in [5.74, 6) is 0.953. The third kappa shape index (κ3) is 3.74. The van der Waals surface area contributed by atoms with E-state index in [0.29, 0.717) is 17.4 Å². The molecule has 0 radical (unpaired) electrons. The highest BCUT2D eigenvalue weighted by atomic mass is 32.1. The molecule has 0 saturated heterocycles. The lowest BCUT2D eigenvalue weighted by molar-refractivity contribution is 0.0507. The Bertz CT molecular complexity index is 1060. The van der Waals surface area contributed by atoms with Crippen LogP contribution < -0.4 is 0 Å². The summed E-state index contributed by atoms with van der Waals surface area (Å²) in [6.07, 6.45) is 1.80. The van der Waals surface area contributed by atoms with E-state index in [1.54, 1.807) is 29.7 Å². The van der Waals surface area contributed by atoms with Crippen LogP contribution in [0.2, 0.25) is 0 Å². The SMILES string of the molecule is Cc1nc2sc3c(c2c2nc(C(=O)N(C[C@H](C)O)C[C@@H](C)O)nn12)C[C@@H](C)CC3. The van der Waals surface area contributed by atoms with Crippen LogP contribution in [0.25, 0.3) is 15.9 Å². The molecule has 156 valence electrons. The van der Waals surface area contributed by atoms with Crippen molar-refractivity contribution >= 4 is 33.1 Å². The van der Waals surface area contributed by atoms with E-state index in [4.69, 9.17) is 4.98 Å². The van der Waals surface area contributed by atoms with Crippen molar-refractivity contribution < 1.29 is 15.0 Å². The normalized spacial score (nSPS) is 18.8. The van der Waals surface area contributed by atoms with Gasteiger partial charge < -0.3 is 15.1 Å². The van der Waals surface area contributed by atoms with E-state index in [2.05, 4.69) is 17.0 Å². The zero-order valence-electron chi connectivity index (χ0n) is 17.2. The number of fused-ring (bicyclic) bond motifs is 5. The molecule has 0 spiro atoms. The quantitative estimate of drug-likeness (QED) is 0.658. The second-order valence-electron chi connectivity index (χ2n) is 8.27. The zero-order valence-corrected chi connectivity index (χ0v) is 18.0. The van der Waals surface area contributed by atoms with E-state index >= 15 is 0 Å². The van der Waals surface area contributed by atoms with E-state index in [1.165, 1.54) is 21.8 Å². The summed E-state index contributed by atoms with van der Waals surface area (Å²) in [6, 6.07) is 0. The molecule has 29 heavy (non-hydrogen) atoms. The fourth-order valence-electron chi connectivity index (χ4n) is 4.06. The third-order valence-corrected chi connectivity index (χ3v) is 6.52. The van der Waals surface area contributed by atoms with Crippen molar-refractivity contribution in [2.45, 2.75) is 59.2 Å². The van der Waals surface area contributed by atoms with Gasteiger partial charge in [0.1, 0.15) is 10.7 Å². The number of hydrogen-bond donors (Lipinski definition) is 2. The van der Waals surface area contributed by atoms with Gasteiger partial charge in [0.25, 0.3) is 5.91 Å². The lowest BCUT2D eigenvalue weighted by Gasteiger charge is -2.23. The molecule has 3 aromatic rings. The standard InChI is InChI=1S/C20H27N5O3S/c1-10-5-6-15-14(7-10)16-18-22-17(23-25(18)13(4)21-19(16)29-15)20(28)24(8-11(2)26)9-12(3)27/h10-12,26-27H,5-9H2,1-4H3/t10-,11-,12+/m0/s1. The maximum absolute atomic E-state index is 13.1. The van der Waals surface area contributed by atoms with Gasteiger partial charge in [-0.15, -0.1) is 16.4 Å². The molecule has 0 fully saturated rings. The molecule has 1 aliphatic carbocycles. The Kier molecular flexibility index (Phi) is 5.30. The number of nitrogens with zero attached hydrogens (tertiary/aromatic N) is 5. The zero-order chi connectivity index (χ0) is 20.9. The molecule has 1 aliphatic rings. The fraction of sp³-hybridized carbons (Fsp3) is 0.600. The highest BCUT2D eigenvalue weighted by molar-refractivity contribution is 7.19. The number of amides is 1. The molecule has 3 heterocycles. The van der Waals surface area contributed by atoms with E-state index in [-0.39, 0.29) is 18.9 Å². The Labute approximate surface area is 173 Å². The Morgan fingerprint density at radius 3 is 2.62 bits per heavy atom. The molecule has 0 saturated carbocycles. The Hall–Kier alpha value is -2.10. The Balaban J connectivity index is 1.82. The van der Waals surface area contributed by atoms with Gasteiger partial charge in [0, 0.05) is 18.0 Å². The molecule has 3 aromatic heterocycles. The average Bonchev–Trinajstić information content (AvgIpc) is 3.21. The number of aliphatic hydroxyl groups excluding tert-OH is 2. The number of rotatable bonds is 5. The summed E-state index contributed by atoms with van der Waals surface area (Å²) in [7, 11) is 0. The predicted molar refractivity (Wildman–Crippen MR) is 111 cm³/mol. The van der Waals surface area contributed by atoms with Crippen molar-refractivity contribution in [2.24, 2.45) is 5.92 Å². The van der Waals surface area contributed by atoms with Crippen molar-refractivity contribution in [2.75, 3.05) is 13.1 Å². The van der Waals surface area contributed by atoms with E-state index < -0.39 is 18.1 Å². The first-order chi connectivity index (χ1) is 13.7. The van der Waals surface area contributed by atoms with Crippen LogP contribution in [0.3, 0.4) is 0 Å². The van der Waals surface area contributed by atoms with Crippen molar-refractivity contribution in [3.8, 4) is 0 Å². The van der Waals surface area contributed by atoms with Gasteiger partial charge >= 0.3 is 0 Å². The smallest absolute Gasteiger partial charge is 0.293 e. The van der Waals surface area contributed by atoms with Gasteiger partial charge in [0.2, 0.25) is 5.82 Å². The lowest BCUT2D eigenvalue weighted by Crippen LogP contribution is -2.41. The van der Waals surface area contributed by atoms with Crippen LogP contribution in [0.15, 0.2) is 0 Å². The second-order valence-corrected chi connectivity index (χ2v) is 9.35. The van der Waals surface area contributed by atoms with Crippen LogP contribution in [0, 0.1) is 12.8 Å². The minimum Gasteiger partial charge on any atom is -0.392 e. The monoisotopic (exact) mass is 417 g/mol. The fourth-order valence-corrected chi connectivity index (χ4v) is 5.31. The third-order valence-electron chi connectivity index (χ3n) is 5.34. The molecule has 4 rings (SSSR count). The van der Waals surface area contributed by atoms with Crippen LogP contribution in [0.5, 0.6) is 0 Å². The molecular weight excluding hydrogens is 390 g/mol. The number of aryl methyl sites for hydroxylation is 2. The van der Waals surface area contributed by atoms with Crippen LogP contribution in [-0.2, 0) is 12.8 Å². The van der Waals surface area contributed by atoms with Gasteiger partial charge in [0.05, 0.1) is 17.6 Å². The predicted octanol–water partition coefficient (Wildman–Crippen LogP) is 1.98. The molecule has 9 heteroatoms. The molecule has 3 atom stereocenters. The molecule has 8 nitrogen and oxygen atoms in total. The highest BCUT2D eigenvalue weighted by Gasteiger charge is 2.27. The molecular formula is C20H27N5O3S. The number of carbonyl (C=O) groups excluding carboxylic acids is 1. The summed E-state index contributed by atoms with van der Waals surface area (Å²) in [5.41, 5.74) is 1.95. The van der Waals surface area contributed by atoms with Gasteiger partial charge in [0.15, 0.2) is 5.65 Å². The van der Waals surface area contributed by atoms with Crippen molar-refractivity contribution in [3.63, 3.8) is 0 Å². The minimum atomic E-state index is -0.713. The molecule has 0 aromatic carbocycles. The number of hydrogen-bond acceptors (Lipinski definition) is 7. The summed E-state index contributed by atoms with van der Waals surface area (Å²) >= 11 is 1.72. The van der Waals surface area contributed by atoms with Crippen LogP contribution in [0.4, 0.5) is 0 Å². The van der Waals surface area contributed by atoms with Crippen molar-refractivity contribution in [1.29, 1.82) is 0 Å². The topological polar surface area (TPSA) is 104 Å². The molecule has 2 N–H and O–H groups in total. The highest BCUT2D eigenvalue weighted by Crippen LogP contribution is 2.39. The first-order valence-corrected chi connectivity index (χ1v) is 10.9. The second kappa shape index (κ2) is 7.62. The summed E-state index contributed by atoms with van der Waals surface area (Å²) in [4.78, 5) is 26.1. The van der Waals surface area contributed by atoms with Crippen molar-refractivity contribution in [1.82, 2.24) is 24.5 Å². The summed E-state index contributed by atoms with van der Waals surface area (Å²) in [5, 5.41) is 25.0. The van der Waals surface area contributed by atoms with E-state index in [0.717, 1.165) is 23.1 Å². The van der Waals surface area contributed by atoms with Gasteiger partial charge in [-0.25, -0.2) is 9.97 Å². The van der Waals surface area contributed by atoms with E-state index in [9.17, 15) is 15.0 Å². The molecule has 1 amide bonds. The van der Waals surface area contributed by atoms with Gasteiger partial charge in [-0.05, 0) is 51.5 Å². The van der Waals surface area contributed by atoms with Crippen molar-refractivity contribution in [3.05, 3.63) is 22.1 Å². The number of thiophene rings is 1. The van der Waals surface area contributed by atoms with Crippen LogP contribution >= 0.6 is 11.3 Å². The van der Waals surface area contributed by atoms with Crippen LogP contribution in [-0.4, -0.2) is 65.9 Å². The number of aliphatic hydroxyl groups is 2. The molecule has 0 unspecified atom stereocenters. The van der Waals surface area contributed by atoms with Gasteiger partial charge in [-0.2, -0.15) is 4.52 Å². The minimum absolute atomic E-state index is 0.0625. The molecule has 0 bridgehead atoms. The maximum Gasteiger partial charge on any atom is 0.293 e.